The van der Waals surface area contributed by atoms with Gasteiger partial charge in [0.1, 0.15) is 5.75 Å². The van der Waals surface area contributed by atoms with Gasteiger partial charge in [0.25, 0.3) is 0 Å². The number of amides is 1. The number of carbonyl (C=O) groups excluding carboxylic acids is 1. The highest BCUT2D eigenvalue weighted by Gasteiger charge is 2.38. The average molecular weight is 390 g/mol. The van der Waals surface area contributed by atoms with Crippen LogP contribution in [0.4, 0.5) is 5.69 Å². The fraction of sp³-hybridized carbons (Fsp3) is 0.682. The molecule has 1 aromatic rings. The number of rotatable bonds is 8. The van der Waals surface area contributed by atoms with E-state index in [2.05, 4.69) is 15.5 Å². The zero-order chi connectivity index (χ0) is 19.8. The Morgan fingerprint density at radius 3 is 2.50 bits per heavy atom. The summed E-state index contributed by atoms with van der Waals surface area (Å²) < 4.78 is 11.0. The van der Waals surface area contributed by atoms with Crippen molar-refractivity contribution in [3.8, 4) is 5.75 Å². The fourth-order valence-corrected chi connectivity index (χ4v) is 4.34. The van der Waals surface area contributed by atoms with Crippen molar-refractivity contribution < 1.29 is 14.3 Å². The van der Waals surface area contributed by atoms with Crippen molar-refractivity contribution in [1.82, 2.24) is 10.2 Å². The lowest BCUT2D eigenvalue weighted by Crippen LogP contribution is -2.60. The van der Waals surface area contributed by atoms with Crippen LogP contribution in [0, 0.1) is 0 Å². The van der Waals surface area contributed by atoms with Gasteiger partial charge in [-0.25, -0.2) is 0 Å². The number of anilines is 1. The largest absolute Gasteiger partial charge is 0.494 e. The van der Waals surface area contributed by atoms with Crippen LogP contribution >= 0.6 is 0 Å². The molecular weight excluding hydrogens is 354 g/mol. The second kappa shape index (κ2) is 10.2. The quantitative estimate of drug-likeness (QED) is 0.716. The summed E-state index contributed by atoms with van der Waals surface area (Å²) in [5, 5.41) is 6.52. The third-order valence-corrected chi connectivity index (χ3v) is 6.03. The van der Waals surface area contributed by atoms with E-state index < -0.39 is 0 Å². The molecule has 2 aliphatic rings. The van der Waals surface area contributed by atoms with Crippen molar-refractivity contribution in [3.05, 3.63) is 24.3 Å². The molecule has 0 bridgehead atoms. The molecule has 1 saturated carbocycles. The van der Waals surface area contributed by atoms with Gasteiger partial charge in [-0.2, -0.15) is 0 Å². The normalized spacial score (nSPS) is 21.1. The topological polar surface area (TPSA) is 62.8 Å². The van der Waals surface area contributed by atoms with Crippen LogP contribution in [0.2, 0.25) is 0 Å². The lowest BCUT2D eigenvalue weighted by molar-refractivity contribution is -0.118. The van der Waals surface area contributed by atoms with Crippen LogP contribution < -0.4 is 15.4 Å². The van der Waals surface area contributed by atoms with Gasteiger partial charge >= 0.3 is 0 Å². The van der Waals surface area contributed by atoms with Gasteiger partial charge in [-0.05, 0) is 51.0 Å². The minimum atomic E-state index is -0.244. The second-order valence-corrected chi connectivity index (χ2v) is 7.93. The maximum Gasteiger partial charge on any atom is 0.241 e. The van der Waals surface area contributed by atoms with Gasteiger partial charge in [-0.15, -0.1) is 0 Å². The van der Waals surface area contributed by atoms with E-state index in [-0.39, 0.29) is 17.5 Å². The lowest BCUT2D eigenvalue weighted by atomic mass is 9.79. The van der Waals surface area contributed by atoms with Crippen molar-refractivity contribution in [1.29, 1.82) is 0 Å². The van der Waals surface area contributed by atoms with Crippen LogP contribution in [0.1, 0.15) is 46.0 Å². The molecule has 0 aromatic heterocycles. The molecule has 1 heterocycles. The van der Waals surface area contributed by atoms with Gasteiger partial charge in [0, 0.05) is 30.9 Å². The Balaban J connectivity index is 1.54. The Labute approximate surface area is 169 Å². The molecule has 1 aliphatic heterocycles. The molecule has 28 heavy (non-hydrogen) atoms. The van der Waals surface area contributed by atoms with Gasteiger partial charge in [-0.3, -0.25) is 9.69 Å². The molecular formula is C22H35N3O3. The van der Waals surface area contributed by atoms with E-state index in [0.29, 0.717) is 6.61 Å². The molecule has 1 aliphatic carbocycles. The van der Waals surface area contributed by atoms with Crippen molar-refractivity contribution in [2.24, 2.45) is 0 Å². The van der Waals surface area contributed by atoms with E-state index in [1.165, 1.54) is 32.1 Å². The third kappa shape index (κ3) is 5.46. The molecule has 156 valence electrons. The molecule has 2 fully saturated rings. The van der Waals surface area contributed by atoms with Gasteiger partial charge in [0.05, 0.1) is 25.9 Å². The van der Waals surface area contributed by atoms with Gasteiger partial charge < -0.3 is 20.1 Å². The molecule has 1 amide bonds. The summed E-state index contributed by atoms with van der Waals surface area (Å²) in [5.74, 6) is 0.813. The Kier molecular flexibility index (Phi) is 7.71. The zero-order valence-corrected chi connectivity index (χ0v) is 17.3. The molecule has 1 atom stereocenters. The summed E-state index contributed by atoms with van der Waals surface area (Å²) >= 11 is 0. The van der Waals surface area contributed by atoms with Crippen LogP contribution in [0.3, 0.4) is 0 Å². The number of nitrogens with zero attached hydrogens (tertiary/aromatic N) is 1. The van der Waals surface area contributed by atoms with Gasteiger partial charge in [-0.1, -0.05) is 19.3 Å². The Morgan fingerprint density at radius 2 is 1.86 bits per heavy atom. The number of benzene rings is 1. The molecule has 3 rings (SSSR count). The molecule has 0 spiro atoms. The summed E-state index contributed by atoms with van der Waals surface area (Å²) in [7, 11) is 0. The first-order valence-electron chi connectivity index (χ1n) is 10.7. The first-order chi connectivity index (χ1) is 13.6. The standard InChI is InChI=1S/C22H35N3O3/c1-3-28-20-9-7-19(8-10-20)24-21(26)18(2)23-17-22(11-5-4-6-12-22)25-13-15-27-16-14-25/h7-10,18,23H,3-6,11-17H2,1-2H3,(H,24,26)/t18-/m0/s1. The molecule has 6 heteroatoms. The number of morpholine rings is 1. The predicted octanol–water partition coefficient (Wildman–Crippen LogP) is 3.04. The van der Waals surface area contributed by atoms with E-state index in [4.69, 9.17) is 9.47 Å². The monoisotopic (exact) mass is 389 g/mol. The third-order valence-electron chi connectivity index (χ3n) is 6.03. The molecule has 1 aromatic carbocycles. The number of ether oxygens (including phenoxy) is 2. The summed E-state index contributed by atoms with van der Waals surface area (Å²) in [6.07, 6.45) is 6.26. The van der Waals surface area contributed by atoms with Crippen LogP contribution in [0.15, 0.2) is 24.3 Å². The van der Waals surface area contributed by atoms with E-state index in [0.717, 1.165) is 44.3 Å². The maximum absolute atomic E-state index is 12.6. The van der Waals surface area contributed by atoms with Crippen LogP contribution in [-0.4, -0.2) is 61.8 Å². The summed E-state index contributed by atoms with van der Waals surface area (Å²) in [5.41, 5.74) is 0.957. The van der Waals surface area contributed by atoms with Crippen molar-refractivity contribution in [2.45, 2.75) is 57.5 Å². The summed E-state index contributed by atoms with van der Waals surface area (Å²) in [4.78, 5) is 15.2. The second-order valence-electron chi connectivity index (χ2n) is 7.93. The Bertz CT molecular complexity index is 608. The van der Waals surface area contributed by atoms with Gasteiger partial charge in [0.15, 0.2) is 0 Å². The van der Waals surface area contributed by atoms with Crippen LogP contribution in [0.25, 0.3) is 0 Å². The van der Waals surface area contributed by atoms with E-state index in [1.54, 1.807) is 0 Å². The summed E-state index contributed by atoms with van der Waals surface area (Å²) in [6, 6.07) is 7.28. The number of hydrogen-bond acceptors (Lipinski definition) is 5. The van der Waals surface area contributed by atoms with Crippen molar-refractivity contribution in [2.75, 3.05) is 44.8 Å². The van der Waals surface area contributed by atoms with Crippen molar-refractivity contribution in [3.63, 3.8) is 0 Å². The van der Waals surface area contributed by atoms with E-state index in [1.807, 2.05) is 38.1 Å². The van der Waals surface area contributed by atoms with E-state index >= 15 is 0 Å². The fourth-order valence-electron chi connectivity index (χ4n) is 4.34. The Morgan fingerprint density at radius 1 is 1.18 bits per heavy atom. The molecule has 1 saturated heterocycles. The predicted molar refractivity (Wildman–Crippen MR) is 112 cm³/mol. The average Bonchev–Trinajstić information content (AvgIpc) is 2.75. The van der Waals surface area contributed by atoms with Gasteiger partial charge in [0.2, 0.25) is 5.91 Å². The van der Waals surface area contributed by atoms with E-state index in [9.17, 15) is 4.79 Å². The minimum absolute atomic E-state index is 0.00269. The molecule has 2 N–H and O–H groups in total. The smallest absolute Gasteiger partial charge is 0.241 e. The highest BCUT2D eigenvalue weighted by Crippen LogP contribution is 2.34. The molecule has 6 nitrogen and oxygen atoms in total. The highest BCUT2D eigenvalue weighted by atomic mass is 16.5. The van der Waals surface area contributed by atoms with Crippen LogP contribution in [-0.2, 0) is 9.53 Å². The lowest BCUT2D eigenvalue weighted by Gasteiger charge is -2.48. The summed E-state index contributed by atoms with van der Waals surface area (Å²) in [6.45, 7) is 9.01. The first kappa shape index (κ1) is 21.1. The first-order valence-corrected chi connectivity index (χ1v) is 10.7. The number of nitrogens with one attached hydrogen (secondary N) is 2. The zero-order valence-electron chi connectivity index (χ0n) is 17.3. The highest BCUT2D eigenvalue weighted by molar-refractivity contribution is 5.94. The molecule has 0 radical (unpaired) electrons. The number of carbonyl (C=O) groups is 1. The maximum atomic E-state index is 12.6. The molecule has 0 unspecified atom stereocenters. The van der Waals surface area contributed by atoms with Crippen LogP contribution in [0.5, 0.6) is 5.75 Å². The SMILES string of the molecule is CCOc1ccc(NC(=O)[C@H](C)NCC2(N3CCOCC3)CCCCC2)cc1. The Hall–Kier alpha value is -1.63. The number of hydrogen-bond donors (Lipinski definition) is 2. The minimum Gasteiger partial charge on any atom is -0.494 e. The van der Waals surface area contributed by atoms with Crippen molar-refractivity contribution >= 4 is 11.6 Å².